The number of methoxy groups -OCH3 is 2. The van der Waals surface area contributed by atoms with E-state index in [0.717, 1.165) is 17.0 Å². The van der Waals surface area contributed by atoms with Gasteiger partial charge in [-0.15, -0.1) is 12.4 Å². The van der Waals surface area contributed by atoms with Crippen LogP contribution in [-0.4, -0.2) is 86.0 Å². The molecule has 0 atom stereocenters. The minimum atomic E-state index is -4.09. The predicted molar refractivity (Wildman–Crippen MR) is 155 cm³/mol. The van der Waals surface area contributed by atoms with Crippen molar-refractivity contribution < 1.29 is 32.6 Å². The second kappa shape index (κ2) is 14.6. The summed E-state index contributed by atoms with van der Waals surface area (Å²) >= 11 is 0. The van der Waals surface area contributed by atoms with E-state index in [9.17, 15) is 18.4 Å². The topological polar surface area (TPSA) is 132 Å². The van der Waals surface area contributed by atoms with Crippen molar-refractivity contribution in [1.82, 2.24) is 20.2 Å². The smallest absolute Gasteiger partial charge is 0.265 e. The summed E-state index contributed by atoms with van der Waals surface area (Å²) in [5.74, 6) is 0.404. The molecule has 1 amide bonds. The highest BCUT2D eigenvalue weighted by atomic mass is 35.5. The number of likely N-dealkylation sites (tertiary alicyclic amines) is 1. The van der Waals surface area contributed by atoms with E-state index >= 15 is 0 Å². The summed E-state index contributed by atoms with van der Waals surface area (Å²) in [6.07, 6.45) is 2.75. The Kier molecular flexibility index (Phi) is 11.6. The molecule has 1 fully saturated rings. The van der Waals surface area contributed by atoms with Crippen LogP contribution in [-0.2, 0) is 25.9 Å². The summed E-state index contributed by atoms with van der Waals surface area (Å²) in [7, 11) is -0.853. The van der Waals surface area contributed by atoms with Gasteiger partial charge in [0.1, 0.15) is 11.5 Å². The van der Waals surface area contributed by atoms with Gasteiger partial charge in [-0.25, -0.2) is 13.9 Å². The Balaban J connectivity index is 0.00000462. The van der Waals surface area contributed by atoms with Gasteiger partial charge in [0, 0.05) is 51.5 Å². The molecule has 0 radical (unpaired) electrons. The fourth-order valence-corrected chi connectivity index (χ4v) is 6.79. The molecule has 1 aliphatic heterocycles. The second-order valence-corrected chi connectivity index (χ2v) is 11.9. The van der Waals surface area contributed by atoms with E-state index in [0.29, 0.717) is 51.6 Å². The number of aryl methyl sites for hydroxylation is 1. The zero-order valence-electron chi connectivity index (χ0n) is 23.2. The van der Waals surface area contributed by atoms with E-state index in [-0.39, 0.29) is 30.1 Å². The Hall–Kier alpha value is -3.16. The number of hydrogen-bond donors (Lipinski definition) is 2. The molecule has 0 bridgehead atoms. The van der Waals surface area contributed by atoms with Gasteiger partial charge in [0.25, 0.3) is 5.91 Å². The van der Waals surface area contributed by atoms with E-state index in [1.165, 1.54) is 12.1 Å². The molecule has 1 saturated heterocycles. The molecule has 0 spiro atoms. The van der Waals surface area contributed by atoms with Crippen molar-refractivity contribution in [3.05, 3.63) is 60.8 Å². The first-order valence-electron chi connectivity index (χ1n) is 13.1. The molecule has 2 aromatic carbocycles. The maximum atomic E-state index is 13.6. The van der Waals surface area contributed by atoms with Gasteiger partial charge in [-0.3, -0.25) is 14.7 Å². The molecule has 0 unspecified atom stereocenters. The number of aromatic nitrogens is 2. The van der Waals surface area contributed by atoms with Crippen molar-refractivity contribution in [2.24, 2.45) is 0 Å². The number of ether oxygens (including phenoxy) is 3. The third-order valence-electron chi connectivity index (χ3n) is 7.27. The first kappa shape index (κ1) is 32.4. The Labute approximate surface area is 246 Å². The summed E-state index contributed by atoms with van der Waals surface area (Å²) < 4.78 is 43.5. The van der Waals surface area contributed by atoms with Crippen LogP contribution < -0.4 is 15.0 Å². The van der Waals surface area contributed by atoms with Crippen LogP contribution in [0.3, 0.4) is 0 Å². The number of hydrogen-bond acceptors (Lipinski definition) is 9. The fraction of sp³-hybridized carbons (Fsp3) is 0.429. The van der Waals surface area contributed by atoms with E-state index in [2.05, 4.69) is 5.10 Å². The number of carbonyl (C=O) groups is 1. The van der Waals surface area contributed by atoms with Crippen LogP contribution in [0.4, 0.5) is 0 Å². The molecule has 11 nitrogen and oxygen atoms in total. The minimum absolute atomic E-state index is 0. The van der Waals surface area contributed by atoms with Crippen molar-refractivity contribution in [2.75, 3.05) is 47.1 Å². The molecule has 41 heavy (non-hydrogen) atoms. The van der Waals surface area contributed by atoms with E-state index in [4.69, 9.17) is 14.2 Å². The van der Waals surface area contributed by atoms with Crippen molar-refractivity contribution in [3.8, 4) is 22.8 Å². The number of halogens is 1. The van der Waals surface area contributed by atoms with Crippen molar-refractivity contribution in [2.45, 2.75) is 35.4 Å². The molecule has 0 saturated carbocycles. The first-order valence-corrected chi connectivity index (χ1v) is 14.6. The zero-order valence-corrected chi connectivity index (χ0v) is 24.8. The summed E-state index contributed by atoms with van der Waals surface area (Å²) in [6, 6.07) is 15.7. The molecular weight excluding hydrogens is 572 g/mol. The zero-order chi connectivity index (χ0) is 28.6. The number of sulfone groups is 1. The van der Waals surface area contributed by atoms with E-state index in [1.807, 2.05) is 46.1 Å². The van der Waals surface area contributed by atoms with Gasteiger partial charge in [-0.2, -0.15) is 5.10 Å². The minimum Gasteiger partial charge on any atom is -0.497 e. The van der Waals surface area contributed by atoms with Crippen molar-refractivity contribution in [3.63, 3.8) is 0 Å². The lowest BCUT2D eigenvalue weighted by Gasteiger charge is -2.39. The van der Waals surface area contributed by atoms with Gasteiger partial charge in [0.05, 0.1) is 30.9 Å². The Morgan fingerprint density at radius 1 is 0.976 bits per heavy atom. The van der Waals surface area contributed by atoms with E-state index in [1.54, 1.807) is 31.8 Å². The molecule has 2 N–H and O–H groups in total. The van der Waals surface area contributed by atoms with Gasteiger partial charge in [-0.05, 0) is 67.4 Å². The number of rotatable bonds is 13. The van der Waals surface area contributed by atoms with Crippen LogP contribution in [0, 0.1) is 0 Å². The van der Waals surface area contributed by atoms with Crippen LogP contribution in [0.1, 0.15) is 19.3 Å². The number of amides is 1. The van der Waals surface area contributed by atoms with Crippen molar-refractivity contribution >= 4 is 28.2 Å². The molecule has 13 heteroatoms. The predicted octanol–water partition coefficient (Wildman–Crippen LogP) is 3.21. The number of carbonyl (C=O) groups excluding carboxylic acids is 1. The highest BCUT2D eigenvalue weighted by Gasteiger charge is 2.52. The second-order valence-electron chi connectivity index (χ2n) is 9.64. The largest absolute Gasteiger partial charge is 0.497 e. The normalized spacial score (nSPS) is 15.1. The molecule has 224 valence electrons. The molecule has 0 aliphatic carbocycles. The molecule has 3 aromatic rings. The highest BCUT2D eigenvalue weighted by molar-refractivity contribution is 7.93. The van der Waals surface area contributed by atoms with Crippen LogP contribution in [0.2, 0.25) is 0 Å². The Morgan fingerprint density at radius 2 is 1.63 bits per heavy atom. The number of nitrogens with one attached hydrogen (secondary N) is 1. The maximum Gasteiger partial charge on any atom is 0.265 e. The average Bonchev–Trinajstić information content (AvgIpc) is 3.47. The number of piperidine rings is 1. The number of hydroxylamine groups is 1. The van der Waals surface area contributed by atoms with Gasteiger partial charge in [0.2, 0.25) is 0 Å². The van der Waals surface area contributed by atoms with Gasteiger partial charge >= 0.3 is 0 Å². The standard InChI is InChI=1S/C28H36N4O7S.ClH/c1-37-21-19-31-17-13-28(14-18-31,27(33)30-34)40(35,36)25-10-8-24(9-11-25)39-20-3-15-32-16-12-26(29-32)22-4-6-23(38-2)7-5-22;/h4-12,16,34H,3,13-15,17-21H2,1-2H3,(H,30,33);1H. The highest BCUT2D eigenvalue weighted by Crippen LogP contribution is 2.36. The molecule has 1 aromatic heterocycles. The van der Waals surface area contributed by atoms with Gasteiger partial charge in [-0.1, -0.05) is 0 Å². The summed E-state index contributed by atoms with van der Waals surface area (Å²) in [4.78, 5) is 14.7. The summed E-state index contributed by atoms with van der Waals surface area (Å²) in [5, 5.41) is 14.0. The van der Waals surface area contributed by atoms with Gasteiger partial charge in [0.15, 0.2) is 14.6 Å². The molecular formula is C28H37ClN4O7S. The lowest BCUT2D eigenvalue weighted by Crippen LogP contribution is -2.57. The van der Waals surface area contributed by atoms with Crippen molar-refractivity contribution in [1.29, 1.82) is 0 Å². The Morgan fingerprint density at radius 3 is 2.24 bits per heavy atom. The van der Waals surface area contributed by atoms with Crippen LogP contribution in [0.25, 0.3) is 11.3 Å². The number of nitrogens with zero attached hydrogens (tertiary/aromatic N) is 3. The third kappa shape index (κ3) is 7.38. The van der Waals surface area contributed by atoms with Crippen LogP contribution in [0.15, 0.2) is 65.7 Å². The van der Waals surface area contributed by atoms with Gasteiger partial charge < -0.3 is 19.1 Å². The first-order chi connectivity index (χ1) is 19.3. The van der Waals surface area contributed by atoms with Crippen LogP contribution in [0.5, 0.6) is 11.5 Å². The quantitative estimate of drug-likeness (QED) is 0.170. The third-order valence-corrected chi connectivity index (χ3v) is 9.78. The monoisotopic (exact) mass is 608 g/mol. The lowest BCUT2D eigenvalue weighted by molar-refractivity contribution is -0.133. The van der Waals surface area contributed by atoms with E-state index < -0.39 is 20.5 Å². The maximum absolute atomic E-state index is 13.6. The SMILES string of the molecule is COCCN1CCC(C(=O)NO)(S(=O)(=O)c2ccc(OCCCn3ccc(-c4ccc(OC)cc4)n3)cc2)CC1.Cl. The lowest BCUT2D eigenvalue weighted by atomic mass is 9.95. The fourth-order valence-electron chi connectivity index (χ4n) is 4.84. The summed E-state index contributed by atoms with van der Waals surface area (Å²) in [5.41, 5.74) is 3.46. The average molecular weight is 609 g/mol. The number of benzene rings is 2. The Bertz CT molecular complexity index is 1360. The molecule has 2 heterocycles. The van der Waals surface area contributed by atoms with Crippen LogP contribution >= 0.6 is 12.4 Å². The molecule has 1 aliphatic rings. The summed E-state index contributed by atoms with van der Waals surface area (Å²) in [6.45, 7) is 3.02. The molecule has 4 rings (SSSR count).